The van der Waals surface area contributed by atoms with E-state index in [4.69, 9.17) is 4.74 Å². The maximum Gasteiger partial charge on any atom is 0.133 e. The third-order valence-electron chi connectivity index (χ3n) is 3.53. The van der Waals surface area contributed by atoms with Crippen LogP contribution in [0.4, 0.5) is 0 Å². The van der Waals surface area contributed by atoms with Gasteiger partial charge in [-0.05, 0) is 72.6 Å². The van der Waals surface area contributed by atoms with E-state index in [1.165, 1.54) is 20.9 Å². The normalized spacial score (nSPS) is 12.4. The van der Waals surface area contributed by atoms with Gasteiger partial charge in [-0.15, -0.1) is 11.3 Å². The van der Waals surface area contributed by atoms with E-state index < -0.39 is 0 Å². The maximum absolute atomic E-state index is 5.27. The smallest absolute Gasteiger partial charge is 0.133 e. The average molecular weight is 354 g/mol. The highest BCUT2D eigenvalue weighted by molar-refractivity contribution is 9.10. The minimum Gasteiger partial charge on any atom is -0.496 e. The van der Waals surface area contributed by atoms with Gasteiger partial charge in [0.05, 0.1) is 11.6 Å². The molecule has 0 aliphatic rings. The summed E-state index contributed by atoms with van der Waals surface area (Å²) in [5.41, 5.74) is 2.67. The zero-order valence-corrected chi connectivity index (χ0v) is 14.7. The molecule has 1 heterocycles. The molecular weight excluding hydrogens is 334 g/mol. The van der Waals surface area contributed by atoms with Crippen molar-refractivity contribution >= 4 is 27.3 Å². The van der Waals surface area contributed by atoms with Crippen LogP contribution >= 0.6 is 27.3 Å². The number of ether oxygens (including phenoxy) is 1. The molecule has 0 bridgehead atoms. The first kappa shape index (κ1) is 15.5. The molecule has 0 aliphatic carbocycles. The number of likely N-dealkylation sites (N-methyl/N-ethyl adjacent to an activating group) is 1. The molecule has 1 aromatic carbocycles. The van der Waals surface area contributed by atoms with E-state index in [1.807, 2.05) is 24.5 Å². The molecule has 1 aromatic heterocycles. The van der Waals surface area contributed by atoms with Gasteiger partial charge in [-0.25, -0.2) is 0 Å². The molecule has 2 nitrogen and oxygen atoms in total. The van der Waals surface area contributed by atoms with Crippen molar-refractivity contribution < 1.29 is 4.74 Å². The van der Waals surface area contributed by atoms with Crippen LogP contribution in [0.3, 0.4) is 0 Å². The van der Waals surface area contributed by atoms with Crippen LogP contribution < -0.4 is 10.1 Å². The molecule has 0 fully saturated rings. The Kier molecular flexibility index (Phi) is 5.24. The SMILES string of the molecule is CNC(Cc1ccc(OC)c(Br)c1)c1cc(C)c(C)s1. The summed E-state index contributed by atoms with van der Waals surface area (Å²) < 4.78 is 6.28. The summed E-state index contributed by atoms with van der Waals surface area (Å²) in [6, 6.07) is 8.92. The molecule has 1 unspecified atom stereocenters. The van der Waals surface area contributed by atoms with E-state index in [2.05, 4.69) is 53.3 Å². The molecule has 0 saturated carbocycles. The first-order valence-electron chi connectivity index (χ1n) is 6.61. The largest absolute Gasteiger partial charge is 0.496 e. The number of thiophene rings is 1. The van der Waals surface area contributed by atoms with Gasteiger partial charge in [-0.1, -0.05) is 6.07 Å². The molecule has 20 heavy (non-hydrogen) atoms. The summed E-state index contributed by atoms with van der Waals surface area (Å²) in [4.78, 5) is 2.80. The van der Waals surface area contributed by atoms with E-state index in [9.17, 15) is 0 Å². The quantitative estimate of drug-likeness (QED) is 0.845. The second-order valence-corrected chi connectivity index (χ2v) is 7.04. The van der Waals surface area contributed by atoms with Gasteiger partial charge >= 0.3 is 0 Å². The number of hydrogen-bond acceptors (Lipinski definition) is 3. The summed E-state index contributed by atoms with van der Waals surface area (Å²) in [5, 5.41) is 3.42. The molecule has 0 spiro atoms. The number of rotatable bonds is 5. The fourth-order valence-corrected chi connectivity index (χ4v) is 3.93. The third kappa shape index (κ3) is 3.43. The zero-order chi connectivity index (χ0) is 14.7. The number of halogens is 1. The second kappa shape index (κ2) is 6.74. The van der Waals surface area contributed by atoms with Gasteiger partial charge in [-0.3, -0.25) is 0 Å². The first-order valence-corrected chi connectivity index (χ1v) is 8.22. The number of methoxy groups -OCH3 is 1. The van der Waals surface area contributed by atoms with Crippen LogP contribution in [0.1, 0.15) is 26.9 Å². The van der Waals surface area contributed by atoms with Gasteiger partial charge in [0, 0.05) is 15.8 Å². The van der Waals surface area contributed by atoms with Crippen molar-refractivity contribution in [3.63, 3.8) is 0 Å². The molecule has 4 heteroatoms. The van der Waals surface area contributed by atoms with E-state index >= 15 is 0 Å². The molecule has 0 radical (unpaired) electrons. The highest BCUT2D eigenvalue weighted by atomic mass is 79.9. The molecule has 2 aromatic rings. The number of aryl methyl sites for hydroxylation is 2. The minimum atomic E-state index is 0.354. The summed E-state index contributed by atoms with van der Waals surface area (Å²) >= 11 is 5.43. The van der Waals surface area contributed by atoms with Crippen molar-refractivity contribution in [2.24, 2.45) is 0 Å². The number of hydrogen-bond donors (Lipinski definition) is 1. The molecule has 0 amide bonds. The maximum atomic E-state index is 5.27. The van der Waals surface area contributed by atoms with Crippen molar-refractivity contribution in [2.75, 3.05) is 14.2 Å². The summed E-state index contributed by atoms with van der Waals surface area (Å²) in [6.07, 6.45) is 0.971. The van der Waals surface area contributed by atoms with Crippen LogP contribution in [0, 0.1) is 13.8 Å². The van der Waals surface area contributed by atoms with E-state index in [1.54, 1.807) is 7.11 Å². The molecular formula is C16H20BrNOS. The van der Waals surface area contributed by atoms with Crippen molar-refractivity contribution in [3.05, 3.63) is 49.6 Å². The van der Waals surface area contributed by atoms with E-state index in [0.29, 0.717) is 6.04 Å². The Morgan fingerprint density at radius 1 is 1.30 bits per heavy atom. The van der Waals surface area contributed by atoms with Crippen LogP contribution in [0.2, 0.25) is 0 Å². The number of nitrogens with one attached hydrogen (secondary N) is 1. The predicted molar refractivity (Wildman–Crippen MR) is 90.0 cm³/mol. The highest BCUT2D eigenvalue weighted by Crippen LogP contribution is 2.31. The second-order valence-electron chi connectivity index (χ2n) is 4.90. The summed E-state index contributed by atoms with van der Waals surface area (Å²) in [7, 11) is 3.71. The van der Waals surface area contributed by atoms with Gasteiger partial charge in [0.15, 0.2) is 0 Å². The van der Waals surface area contributed by atoms with Crippen LogP contribution in [-0.4, -0.2) is 14.2 Å². The lowest BCUT2D eigenvalue weighted by molar-refractivity contribution is 0.412. The van der Waals surface area contributed by atoms with Gasteiger partial charge < -0.3 is 10.1 Å². The van der Waals surface area contributed by atoms with Gasteiger partial charge in [0.1, 0.15) is 5.75 Å². The third-order valence-corrected chi connectivity index (χ3v) is 5.42. The van der Waals surface area contributed by atoms with Crippen LogP contribution in [0.15, 0.2) is 28.7 Å². The van der Waals surface area contributed by atoms with Crippen molar-refractivity contribution in [3.8, 4) is 5.75 Å². The standard InChI is InChI=1S/C16H20BrNOS/c1-10-7-16(20-11(10)2)14(18-3)9-12-5-6-15(19-4)13(17)8-12/h5-8,14,18H,9H2,1-4H3. The monoisotopic (exact) mass is 353 g/mol. The zero-order valence-electron chi connectivity index (χ0n) is 12.3. The van der Waals surface area contributed by atoms with E-state index in [-0.39, 0.29) is 0 Å². The van der Waals surface area contributed by atoms with Crippen molar-refractivity contribution in [1.29, 1.82) is 0 Å². The van der Waals surface area contributed by atoms with Crippen LogP contribution in [0.5, 0.6) is 5.75 Å². The molecule has 1 N–H and O–H groups in total. The highest BCUT2D eigenvalue weighted by Gasteiger charge is 2.14. The molecule has 0 saturated heterocycles. The van der Waals surface area contributed by atoms with Crippen LogP contribution in [0.25, 0.3) is 0 Å². The number of benzene rings is 1. The Balaban J connectivity index is 2.20. The molecule has 1 atom stereocenters. The van der Waals surface area contributed by atoms with Crippen molar-refractivity contribution in [1.82, 2.24) is 5.32 Å². The lowest BCUT2D eigenvalue weighted by Gasteiger charge is -2.15. The summed E-state index contributed by atoms with van der Waals surface area (Å²) in [5.74, 6) is 0.873. The lowest BCUT2D eigenvalue weighted by Crippen LogP contribution is -2.17. The Bertz CT molecular complexity index is 575. The molecule has 0 aliphatic heterocycles. The fraction of sp³-hybridized carbons (Fsp3) is 0.375. The fourth-order valence-electron chi connectivity index (χ4n) is 2.19. The topological polar surface area (TPSA) is 21.3 Å². The predicted octanol–water partition coefficient (Wildman–Crippen LogP) is 4.64. The summed E-state index contributed by atoms with van der Waals surface area (Å²) in [6.45, 7) is 4.35. The first-order chi connectivity index (χ1) is 9.55. The molecule has 2 rings (SSSR count). The van der Waals surface area contributed by atoms with E-state index in [0.717, 1.165) is 16.6 Å². The molecule has 108 valence electrons. The Labute approximate surface area is 133 Å². The van der Waals surface area contributed by atoms with Gasteiger partial charge in [0.2, 0.25) is 0 Å². The minimum absolute atomic E-state index is 0.354. The lowest BCUT2D eigenvalue weighted by atomic mass is 10.0. The Hall–Kier alpha value is -0.840. The Morgan fingerprint density at radius 3 is 2.55 bits per heavy atom. The Morgan fingerprint density at radius 2 is 2.05 bits per heavy atom. The van der Waals surface area contributed by atoms with Crippen molar-refractivity contribution in [2.45, 2.75) is 26.3 Å². The van der Waals surface area contributed by atoms with Gasteiger partial charge in [-0.2, -0.15) is 0 Å². The van der Waals surface area contributed by atoms with Gasteiger partial charge in [0.25, 0.3) is 0 Å². The average Bonchev–Trinajstić information content (AvgIpc) is 2.76. The van der Waals surface area contributed by atoms with Crippen LogP contribution in [-0.2, 0) is 6.42 Å².